The number of pyridine rings is 1. The second-order valence-corrected chi connectivity index (χ2v) is 6.14. The zero-order valence-corrected chi connectivity index (χ0v) is 12.1. The molecule has 2 aliphatic heterocycles. The molecule has 0 aromatic carbocycles. The van der Waals surface area contributed by atoms with E-state index in [1.54, 1.807) is 9.80 Å². The van der Waals surface area contributed by atoms with Gasteiger partial charge in [0.2, 0.25) is 11.5 Å². The first-order valence-electron chi connectivity index (χ1n) is 7.17. The Hall–Kier alpha value is -2.19. The van der Waals surface area contributed by atoms with E-state index < -0.39 is 6.04 Å². The van der Waals surface area contributed by atoms with Crippen molar-refractivity contribution in [2.75, 3.05) is 32.7 Å². The first kappa shape index (κ1) is 14.7. The second-order valence-electron chi connectivity index (χ2n) is 6.14. The van der Waals surface area contributed by atoms with Gasteiger partial charge >= 0.3 is 0 Å². The summed E-state index contributed by atoms with van der Waals surface area (Å²) in [7, 11) is 0. The van der Waals surface area contributed by atoms with Crippen LogP contribution in [0.1, 0.15) is 10.4 Å². The molecule has 0 unspecified atom stereocenters. The molecule has 2 amide bonds. The van der Waals surface area contributed by atoms with Gasteiger partial charge in [-0.3, -0.25) is 14.4 Å². The highest BCUT2D eigenvalue weighted by molar-refractivity contribution is 5.94. The molecule has 2 aliphatic rings. The minimum absolute atomic E-state index is 0.00181. The molecular formula is C14H19N5O3. The first-order chi connectivity index (χ1) is 10.4. The maximum atomic E-state index is 12.2. The highest BCUT2D eigenvalue weighted by atomic mass is 16.2. The van der Waals surface area contributed by atoms with E-state index >= 15 is 0 Å². The predicted molar refractivity (Wildman–Crippen MR) is 79.0 cm³/mol. The number of hydrogen-bond acceptors (Lipinski definition) is 5. The summed E-state index contributed by atoms with van der Waals surface area (Å²) in [4.78, 5) is 41.0. The fourth-order valence-electron chi connectivity index (χ4n) is 3.09. The lowest BCUT2D eigenvalue weighted by Gasteiger charge is -2.60. The molecule has 1 spiro atoms. The number of nitrogens with one attached hydrogen (secondary N) is 1. The average Bonchev–Trinajstić information content (AvgIpc) is 2.43. The molecule has 22 heavy (non-hydrogen) atoms. The summed E-state index contributed by atoms with van der Waals surface area (Å²) < 4.78 is 0. The van der Waals surface area contributed by atoms with Gasteiger partial charge in [-0.25, -0.2) is 0 Å². The van der Waals surface area contributed by atoms with Gasteiger partial charge in [0.25, 0.3) is 5.91 Å². The van der Waals surface area contributed by atoms with E-state index in [4.69, 9.17) is 11.5 Å². The highest BCUT2D eigenvalue weighted by Crippen LogP contribution is 2.40. The van der Waals surface area contributed by atoms with Crippen molar-refractivity contribution in [2.24, 2.45) is 16.9 Å². The predicted octanol–water partition coefficient (Wildman–Crippen LogP) is -2.05. The fraction of sp³-hybridized carbons (Fsp3) is 0.500. The number of amides is 2. The van der Waals surface area contributed by atoms with Crippen LogP contribution in [-0.2, 0) is 4.79 Å². The third-order valence-electron chi connectivity index (χ3n) is 4.31. The molecule has 1 atom stereocenters. The summed E-state index contributed by atoms with van der Waals surface area (Å²) in [6, 6.07) is 2.21. The fourth-order valence-corrected chi connectivity index (χ4v) is 3.09. The van der Waals surface area contributed by atoms with E-state index in [2.05, 4.69) is 4.98 Å². The molecule has 3 heterocycles. The maximum absolute atomic E-state index is 12.2. The Labute approximate surface area is 127 Å². The van der Waals surface area contributed by atoms with Gasteiger partial charge in [0.05, 0.1) is 11.6 Å². The standard InChI is InChI=1S/C14H19N5O3/c15-3-10(16)13(22)19-7-14(8-19)5-18(6-14)12(21)9-1-2-11(20)17-4-9/h1-2,4,10H,3,5-8,15-16H2,(H,17,20)/t10-/m1/s1. The van der Waals surface area contributed by atoms with Crippen LogP contribution in [0.2, 0.25) is 0 Å². The van der Waals surface area contributed by atoms with Crippen LogP contribution in [-0.4, -0.2) is 65.4 Å². The maximum Gasteiger partial charge on any atom is 0.255 e. The third-order valence-corrected chi connectivity index (χ3v) is 4.31. The Bertz CT molecular complexity index is 636. The van der Waals surface area contributed by atoms with Crippen LogP contribution >= 0.6 is 0 Å². The van der Waals surface area contributed by atoms with Gasteiger partial charge in [0.1, 0.15) is 0 Å². The molecule has 5 N–H and O–H groups in total. The van der Waals surface area contributed by atoms with Crippen molar-refractivity contribution < 1.29 is 9.59 Å². The molecule has 2 fully saturated rings. The van der Waals surface area contributed by atoms with Crippen molar-refractivity contribution in [3.05, 3.63) is 34.2 Å². The molecule has 1 aromatic rings. The summed E-state index contributed by atoms with van der Waals surface area (Å²) in [6.45, 7) is 2.61. The molecule has 0 bridgehead atoms. The van der Waals surface area contributed by atoms with E-state index in [0.29, 0.717) is 31.7 Å². The Morgan fingerprint density at radius 1 is 1.23 bits per heavy atom. The molecule has 3 rings (SSSR count). The second kappa shape index (κ2) is 5.22. The number of H-pyrrole nitrogens is 1. The lowest BCUT2D eigenvalue weighted by molar-refractivity contribution is -0.155. The Kier molecular flexibility index (Phi) is 3.50. The molecule has 8 nitrogen and oxygen atoms in total. The van der Waals surface area contributed by atoms with Crippen LogP contribution in [0.25, 0.3) is 0 Å². The van der Waals surface area contributed by atoms with E-state index in [0.717, 1.165) is 0 Å². The SMILES string of the molecule is NC[C@@H](N)C(=O)N1CC2(CN(C(=O)c3ccc(=O)[nH]c3)C2)C1. The molecule has 1 aromatic heterocycles. The number of hydrogen-bond donors (Lipinski definition) is 3. The van der Waals surface area contributed by atoms with Crippen LogP contribution in [0.15, 0.2) is 23.1 Å². The summed E-state index contributed by atoms with van der Waals surface area (Å²) in [5.41, 5.74) is 11.3. The van der Waals surface area contributed by atoms with Gasteiger partial charge in [-0.05, 0) is 6.07 Å². The van der Waals surface area contributed by atoms with Crippen molar-refractivity contribution >= 4 is 11.8 Å². The van der Waals surface area contributed by atoms with Crippen LogP contribution < -0.4 is 17.0 Å². The minimum atomic E-state index is -0.642. The summed E-state index contributed by atoms with van der Waals surface area (Å²) in [5, 5.41) is 0. The number of carbonyl (C=O) groups is 2. The van der Waals surface area contributed by atoms with Gasteiger partial charge in [-0.15, -0.1) is 0 Å². The minimum Gasteiger partial charge on any atom is -0.340 e. The zero-order chi connectivity index (χ0) is 15.9. The van der Waals surface area contributed by atoms with Gasteiger partial charge in [-0.2, -0.15) is 0 Å². The van der Waals surface area contributed by atoms with Crippen molar-refractivity contribution in [2.45, 2.75) is 6.04 Å². The van der Waals surface area contributed by atoms with Crippen molar-refractivity contribution in [3.8, 4) is 0 Å². The summed E-state index contributed by atoms with van der Waals surface area (Å²) in [5.74, 6) is -0.233. The van der Waals surface area contributed by atoms with E-state index in [1.807, 2.05) is 0 Å². The largest absolute Gasteiger partial charge is 0.340 e. The average molecular weight is 305 g/mol. The van der Waals surface area contributed by atoms with Gasteiger partial charge < -0.3 is 26.3 Å². The van der Waals surface area contributed by atoms with Gasteiger partial charge in [0.15, 0.2) is 0 Å². The number of aromatic amines is 1. The molecule has 0 saturated carbocycles. The lowest BCUT2D eigenvalue weighted by atomic mass is 9.72. The number of nitrogens with two attached hydrogens (primary N) is 2. The lowest BCUT2D eigenvalue weighted by Crippen LogP contribution is -2.74. The zero-order valence-electron chi connectivity index (χ0n) is 12.1. The number of likely N-dealkylation sites (tertiary alicyclic amines) is 2. The van der Waals surface area contributed by atoms with E-state index in [9.17, 15) is 14.4 Å². The van der Waals surface area contributed by atoms with Gasteiger partial charge in [-0.1, -0.05) is 0 Å². The van der Waals surface area contributed by atoms with Crippen LogP contribution in [0.3, 0.4) is 0 Å². The smallest absolute Gasteiger partial charge is 0.255 e. The Morgan fingerprint density at radius 3 is 2.41 bits per heavy atom. The topological polar surface area (TPSA) is 126 Å². The van der Waals surface area contributed by atoms with Gasteiger partial charge in [0, 0.05) is 50.4 Å². The highest BCUT2D eigenvalue weighted by Gasteiger charge is 2.54. The van der Waals surface area contributed by atoms with E-state index in [-0.39, 0.29) is 29.3 Å². The number of nitrogens with zero attached hydrogens (tertiary/aromatic N) is 2. The summed E-state index contributed by atoms with van der Waals surface area (Å²) in [6.07, 6.45) is 1.42. The number of aromatic nitrogens is 1. The first-order valence-corrected chi connectivity index (χ1v) is 7.17. The van der Waals surface area contributed by atoms with E-state index in [1.165, 1.54) is 18.3 Å². The Balaban J connectivity index is 1.53. The Morgan fingerprint density at radius 2 is 1.86 bits per heavy atom. The molecular weight excluding hydrogens is 286 g/mol. The number of rotatable bonds is 3. The van der Waals surface area contributed by atoms with Crippen LogP contribution in [0, 0.1) is 5.41 Å². The summed E-state index contributed by atoms with van der Waals surface area (Å²) >= 11 is 0. The monoisotopic (exact) mass is 305 g/mol. The third kappa shape index (κ3) is 2.40. The van der Waals surface area contributed by atoms with Crippen molar-refractivity contribution in [1.82, 2.24) is 14.8 Å². The quantitative estimate of drug-likeness (QED) is 0.592. The van der Waals surface area contributed by atoms with Crippen molar-refractivity contribution in [1.29, 1.82) is 0 Å². The number of carbonyl (C=O) groups excluding carboxylic acids is 2. The normalized spacial score (nSPS) is 20.3. The van der Waals surface area contributed by atoms with Crippen LogP contribution in [0.5, 0.6) is 0 Å². The molecule has 2 saturated heterocycles. The molecule has 8 heteroatoms. The van der Waals surface area contributed by atoms with Crippen LogP contribution in [0.4, 0.5) is 0 Å². The van der Waals surface area contributed by atoms with Crippen molar-refractivity contribution in [3.63, 3.8) is 0 Å². The molecule has 0 aliphatic carbocycles. The molecule has 0 radical (unpaired) electrons. The molecule has 118 valence electrons.